The number of nitrogens with one attached hydrogen (secondary N) is 1. The molecular weight excluding hydrogens is 356 g/mol. The van der Waals surface area contributed by atoms with Gasteiger partial charge < -0.3 is 15.1 Å². The third kappa shape index (κ3) is 3.82. The van der Waals surface area contributed by atoms with Crippen molar-refractivity contribution in [2.24, 2.45) is 0 Å². The summed E-state index contributed by atoms with van der Waals surface area (Å²) in [5, 5.41) is 4.91. The summed E-state index contributed by atoms with van der Waals surface area (Å²) in [6, 6.07) is 13.9. The minimum atomic E-state index is 0.585. The fourth-order valence-corrected chi connectivity index (χ4v) is 4.33. The minimum Gasteiger partial charge on any atom is -0.369 e. The Morgan fingerprint density at radius 3 is 2.41 bits per heavy atom. The molecule has 1 aromatic heterocycles. The van der Waals surface area contributed by atoms with Gasteiger partial charge in [-0.3, -0.25) is 4.98 Å². The number of aromatic nitrogens is 1. The average molecular weight is 389 g/mol. The van der Waals surface area contributed by atoms with Gasteiger partial charge in [-0.2, -0.15) is 0 Å². The molecule has 4 nitrogen and oxygen atoms in total. The lowest BCUT2D eigenvalue weighted by molar-refractivity contribution is 0.234. The van der Waals surface area contributed by atoms with Crippen molar-refractivity contribution in [3.05, 3.63) is 58.8 Å². The van der Waals surface area contributed by atoms with Crippen LogP contribution in [0.25, 0.3) is 10.9 Å². The molecule has 29 heavy (non-hydrogen) atoms. The summed E-state index contributed by atoms with van der Waals surface area (Å²) >= 11 is 0. The van der Waals surface area contributed by atoms with Crippen LogP contribution in [0.2, 0.25) is 0 Å². The zero-order valence-corrected chi connectivity index (χ0v) is 18.5. The summed E-state index contributed by atoms with van der Waals surface area (Å²) in [5.74, 6) is 0. The maximum absolute atomic E-state index is 4.84. The van der Waals surface area contributed by atoms with Crippen molar-refractivity contribution in [2.75, 3.05) is 36.9 Å². The number of anilines is 3. The number of fused-ring (bicyclic) bond motifs is 1. The van der Waals surface area contributed by atoms with Gasteiger partial charge in [-0.15, -0.1) is 0 Å². The standard InChI is InChI=1S/C25H32N4/c1-16-13-17(2)24-23(14-16)26-20(5)19(4)25(24)27-21-7-9-22(10-8-21)29-12-11-28(6)18(3)15-29/h7-10,13-14,18H,11-12,15H2,1-6H3,(H,26,27). The van der Waals surface area contributed by atoms with Gasteiger partial charge in [0, 0.05) is 48.1 Å². The lowest BCUT2D eigenvalue weighted by Crippen LogP contribution is -2.50. The van der Waals surface area contributed by atoms with Crippen LogP contribution >= 0.6 is 0 Å². The van der Waals surface area contributed by atoms with E-state index in [0.29, 0.717) is 6.04 Å². The number of aryl methyl sites for hydroxylation is 3. The molecule has 0 bridgehead atoms. The zero-order chi connectivity index (χ0) is 20.7. The van der Waals surface area contributed by atoms with Gasteiger partial charge in [0.1, 0.15) is 0 Å². The van der Waals surface area contributed by atoms with E-state index in [1.165, 1.54) is 33.5 Å². The van der Waals surface area contributed by atoms with Gasteiger partial charge in [0.05, 0.1) is 11.2 Å². The Labute approximate surface area is 174 Å². The number of benzene rings is 2. The SMILES string of the molecule is Cc1cc(C)c2c(Nc3ccc(N4CCN(C)C(C)C4)cc3)c(C)c(C)nc2c1. The topological polar surface area (TPSA) is 31.4 Å². The predicted molar refractivity (Wildman–Crippen MR) is 125 cm³/mol. The third-order valence-electron chi connectivity index (χ3n) is 6.38. The number of hydrogen-bond donors (Lipinski definition) is 1. The van der Waals surface area contributed by atoms with Gasteiger partial charge in [-0.1, -0.05) is 6.07 Å². The van der Waals surface area contributed by atoms with E-state index in [0.717, 1.165) is 36.5 Å². The Morgan fingerprint density at radius 2 is 1.72 bits per heavy atom. The van der Waals surface area contributed by atoms with Gasteiger partial charge >= 0.3 is 0 Å². The van der Waals surface area contributed by atoms with E-state index in [1.807, 2.05) is 0 Å². The molecule has 1 aliphatic heterocycles. The molecule has 1 atom stereocenters. The molecule has 2 heterocycles. The summed E-state index contributed by atoms with van der Waals surface area (Å²) in [5.41, 5.74) is 9.46. The van der Waals surface area contributed by atoms with Gasteiger partial charge in [0.25, 0.3) is 0 Å². The van der Waals surface area contributed by atoms with Gasteiger partial charge in [-0.25, -0.2) is 0 Å². The Kier molecular flexibility index (Phi) is 5.22. The van der Waals surface area contributed by atoms with Crippen LogP contribution in [0.15, 0.2) is 36.4 Å². The number of hydrogen-bond acceptors (Lipinski definition) is 4. The van der Waals surface area contributed by atoms with Crippen molar-refractivity contribution in [3.8, 4) is 0 Å². The summed E-state index contributed by atoms with van der Waals surface area (Å²) in [4.78, 5) is 9.75. The summed E-state index contributed by atoms with van der Waals surface area (Å²) in [6.07, 6.45) is 0. The van der Waals surface area contributed by atoms with Crippen LogP contribution in [0.3, 0.4) is 0 Å². The number of nitrogens with zero attached hydrogens (tertiary/aromatic N) is 3. The second-order valence-corrected chi connectivity index (χ2v) is 8.62. The Balaban J connectivity index is 1.65. The van der Waals surface area contributed by atoms with Crippen molar-refractivity contribution in [1.29, 1.82) is 0 Å². The van der Waals surface area contributed by atoms with E-state index in [-0.39, 0.29) is 0 Å². The highest BCUT2D eigenvalue weighted by molar-refractivity contribution is 5.98. The van der Waals surface area contributed by atoms with Crippen molar-refractivity contribution < 1.29 is 0 Å². The van der Waals surface area contributed by atoms with E-state index in [1.54, 1.807) is 0 Å². The Hall–Kier alpha value is -2.59. The van der Waals surface area contributed by atoms with Gasteiger partial charge in [0.15, 0.2) is 0 Å². The van der Waals surface area contributed by atoms with Crippen molar-refractivity contribution in [1.82, 2.24) is 9.88 Å². The molecule has 0 aliphatic carbocycles. The molecular formula is C25H32N4. The maximum Gasteiger partial charge on any atom is 0.0731 e. The number of piperazine rings is 1. The van der Waals surface area contributed by atoms with Crippen LogP contribution < -0.4 is 10.2 Å². The first-order valence-electron chi connectivity index (χ1n) is 10.5. The van der Waals surface area contributed by atoms with E-state index in [4.69, 9.17) is 4.98 Å². The smallest absolute Gasteiger partial charge is 0.0731 e. The molecule has 4 heteroatoms. The molecule has 0 amide bonds. The molecule has 0 radical (unpaired) electrons. The first kappa shape index (κ1) is 19.7. The highest BCUT2D eigenvalue weighted by atomic mass is 15.3. The van der Waals surface area contributed by atoms with Crippen LogP contribution in [-0.4, -0.2) is 42.6 Å². The molecule has 1 N–H and O–H groups in total. The van der Waals surface area contributed by atoms with E-state index in [9.17, 15) is 0 Å². The molecule has 1 saturated heterocycles. The zero-order valence-electron chi connectivity index (χ0n) is 18.5. The number of pyridine rings is 1. The fourth-order valence-electron chi connectivity index (χ4n) is 4.33. The third-order valence-corrected chi connectivity index (χ3v) is 6.38. The molecule has 152 valence electrons. The van der Waals surface area contributed by atoms with Gasteiger partial charge in [0.2, 0.25) is 0 Å². The summed E-state index contributed by atoms with van der Waals surface area (Å²) < 4.78 is 0. The quantitative estimate of drug-likeness (QED) is 0.655. The van der Waals surface area contributed by atoms with Crippen molar-refractivity contribution in [2.45, 2.75) is 40.7 Å². The molecule has 3 aromatic rings. The van der Waals surface area contributed by atoms with Crippen molar-refractivity contribution >= 4 is 28.0 Å². The monoisotopic (exact) mass is 388 g/mol. The van der Waals surface area contributed by atoms with Crippen LogP contribution in [-0.2, 0) is 0 Å². The molecule has 1 aliphatic rings. The normalized spacial score (nSPS) is 17.7. The molecule has 2 aromatic carbocycles. The molecule has 1 fully saturated rings. The fraction of sp³-hybridized carbons (Fsp3) is 0.400. The number of rotatable bonds is 3. The summed E-state index contributed by atoms with van der Waals surface area (Å²) in [7, 11) is 2.21. The highest BCUT2D eigenvalue weighted by Crippen LogP contribution is 2.34. The molecule has 4 rings (SSSR count). The van der Waals surface area contributed by atoms with Crippen LogP contribution in [0.4, 0.5) is 17.1 Å². The van der Waals surface area contributed by atoms with E-state index >= 15 is 0 Å². The predicted octanol–water partition coefficient (Wildman–Crippen LogP) is 5.35. The largest absolute Gasteiger partial charge is 0.369 e. The van der Waals surface area contributed by atoms with E-state index < -0.39 is 0 Å². The van der Waals surface area contributed by atoms with Crippen LogP contribution in [0.1, 0.15) is 29.3 Å². The Bertz CT molecular complexity index is 1040. The highest BCUT2D eigenvalue weighted by Gasteiger charge is 2.20. The summed E-state index contributed by atoms with van der Waals surface area (Å²) in [6.45, 7) is 14.1. The second kappa shape index (κ2) is 7.68. The average Bonchev–Trinajstić information content (AvgIpc) is 2.68. The maximum atomic E-state index is 4.84. The number of likely N-dealkylation sites (N-methyl/N-ethyl adjacent to an activating group) is 1. The molecule has 1 unspecified atom stereocenters. The second-order valence-electron chi connectivity index (χ2n) is 8.62. The van der Waals surface area contributed by atoms with Crippen LogP contribution in [0, 0.1) is 27.7 Å². The lowest BCUT2D eigenvalue weighted by atomic mass is 10.0. The Morgan fingerprint density at radius 1 is 1.00 bits per heavy atom. The van der Waals surface area contributed by atoms with Gasteiger partial charge in [-0.05, 0) is 88.7 Å². The van der Waals surface area contributed by atoms with E-state index in [2.05, 4.69) is 93.2 Å². The molecule has 0 saturated carbocycles. The van der Waals surface area contributed by atoms with Crippen LogP contribution in [0.5, 0.6) is 0 Å². The minimum absolute atomic E-state index is 0.585. The molecule has 0 spiro atoms. The first-order valence-corrected chi connectivity index (χ1v) is 10.5. The van der Waals surface area contributed by atoms with Crippen molar-refractivity contribution in [3.63, 3.8) is 0 Å². The lowest BCUT2D eigenvalue weighted by Gasteiger charge is -2.39. The first-order chi connectivity index (χ1) is 13.8.